The Hall–Kier alpha value is -2.52. The van der Waals surface area contributed by atoms with Gasteiger partial charge in [-0.1, -0.05) is 40.2 Å². The van der Waals surface area contributed by atoms with Crippen LogP contribution in [-0.2, 0) is 10.0 Å². The summed E-state index contributed by atoms with van der Waals surface area (Å²) in [6.45, 7) is 0.949. The number of rotatable bonds is 4. The smallest absolute Gasteiger partial charge is 0.268 e. The van der Waals surface area contributed by atoms with Gasteiger partial charge in [-0.3, -0.25) is 14.3 Å². The van der Waals surface area contributed by atoms with Crippen molar-refractivity contribution in [3.8, 4) is 0 Å². The number of hydrogen-bond donors (Lipinski definition) is 1. The highest BCUT2D eigenvalue weighted by Gasteiger charge is 2.42. The normalized spacial score (nSPS) is 17.0. The van der Waals surface area contributed by atoms with Crippen LogP contribution in [-0.4, -0.2) is 38.0 Å². The second-order valence-electron chi connectivity index (χ2n) is 6.81. The summed E-state index contributed by atoms with van der Waals surface area (Å²) in [5.74, 6) is -2.09. The van der Waals surface area contributed by atoms with Gasteiger partial charge < -0.3 is 4.90 Å². The van der Waals surface area contributed by atoms with Crippen molar-refractivity contribution in [3.63, 3.8) is 0 Å². The SMILES string of the molecule is O=C1C(N2CCCC2)=C(S(=O)(=O)Nc2ccc(Br)cc2F)C(=O)c2ccccc21. The summed E-state index contributed by atoms with van der Waals surface area (Å²) in [7, 11) is -4.52. The molecule has 4 rings (SSSR count). The first-order valence-corrected chi connectivity index (χ1v) is 11.2. The minimum atomic E-state index is -4.52. The molecule has 2 aliphatic rings. The third-order valence-corrected chi connectivity index (χ3v) is 6.82. The molecule has 9 heteroatoms. The van der Waals surface area contributed by atoms with E-state index < -0.39 is 32.3 Å². The number of Topliss-reactive ketones (excluding diaryl/α,β-unsaturated/α-hetero) is 2. The summed E-state index contributed by atoms with van der Waals surface area (Å²) >= 11 is 3.11. The van der Waals surface area contributed by atoms with E-state index in [-0.39, 0.29) is 22.5 Å². The van der Waals surface area contributed by atoms with Crippen LogP contribution >= 0.6 is 15.9 Å². The van der Waals surface area contributed by atoms with Crippen LogP contribution in [0.2, 0.25) is 0 Å². The van der Waals surface area contributed by atoms with E-state index in [1.807, 2.05) is 0 Å². The minimum absolute atomic E-state index is 0.0251. The molecular weight excluding hydrogens is 463 g/mol. The maximum Gasteiger partial charge on any atom is 0.268 e. The van der Waals surface area contributed by atoms with Crippen LogP contribution < -0.4 is 4.72 Å². The van der Waals surface area contributed by atoms with E-state index in [2.05, 4.69) is 20.7 Å². The summed E-state index contributed by atoms with van der Waals surface area (Å²) in [5.41, 5.74) is -0.248. The third kappa shape index (κ3) is 3.49. The third-order valence-electron chi connectivity index (χ3n) is 4.92. The van der Waals surface area contributed by atoms with Gasteiger partial charge in [-0.2, -0.15) is 0 Å². The monoisotopic (exact) mass is 478 g/mol. The second-order valence-corrected chi connectivity index (χ2v) is 9.34. The topological polar surface area (TPSA) is 83.6 Å². The quantitative estimate of drug-likeness (QED) is 0.723. The largest absolute Gasteiger partial charge is 0.367 e. The molecule has 0 aromatic heterocycles. The highest BCUT2D eigenvalue weighted by atomic mass is 79.9. The average Bonchev–Trinajstić information content (AvgIpc) is 3.21. The lowest BCUT2D eigenvalue weighted by atomic mass is 9.92. The fraction of sp³-hybridized carbons (Fsp3) is 0.200. The number of carbonyl (C=O) groups excluding carboxylic acids is 2. The summed E-state index contributed by atoms with van der Waals surface area (Å²) in [6.07, 6.45) is 1.57. The van der Waals surface area contributed by atoms with Crippen molar-refractivity contribution in [3.05, 3.63) is 74.5 Å². The lowest BCUT2D eigenvalue weighted by Crippen LogP contribution is -2.36. The number of nitrogens with zero attached hydrogens (tertiary/aromatic N) is 1. The molecule has 1 N–H and O–H groups in total. The predicted molar refractivity (Wildman–Crippen MR) is 110 cm³/mol. The summed E-state index contributed by atoms with van der Waals surface area (Å²) in [5, 5.41) is 0. The molecule has 0 spiro atoms. The number of anilines is 1. The molecule has 0 unspecified atom stereocenters. The lowest BCUT2D eigenvalue weighted by molar-refractivity contribution is 0.0953. The number of sulfonamides is 1. The van der Waals surface area contributed by atoms with E-state index in [0.717, 1.165) is 18.9 Å². The molecular formula is C20H16BrFN2O4S. The van der Waals surface area contributed by atoms with Gasteiger partial charge in [0.25, 0.3) is 10.0 Å². The summed E-state index contributed by atoms with van der Waals surface area (Å²) in [6, 6.07) is 9.95. The number of fused-ring (bicyclic) bond motifs is 1. The molecule has 0 saturated carbocycles. The Morgan fingerprint density at radius 2 is 1.59 bits per heavy atom. The zero-order valence-electron chi connectivity index (χ0n) is 15.1. The van der Waals surface area contributed by atoms with Crippen LogP contribution in [0.1, 0.15) is 33.6 Å². The molecule has 1 aliphatic carbocycles. The van der Waals surface area contributed by atoms with Crippen LogP contribution in [0.15, 0.2) is 57.5 Å². The van der Waals surface area contributed by atoms with Gasteiger partial charge in [0, 0.05) is 28.7 Å². The van der Waals surface area contributed by atoms with E-state index in [9.17, 15) is 22.4 Å². The highest BCUT2D eigenvalue weighted by molar-refractivity contribution is 9.10. The van der Waals surface area contributed by atoms with Crippen molar-refractivity contribution in [1.29, 1.82) is 0 Å². The Morgan fingerprint density at radius 1 is 0.966 bits per heavy atom. The number of allylic oxidation sites excluding steroid dienone is 2. The zero-order valence-corrected chi connectivity index (χ0v) is 17.5. The van der Waals surface area contributed by atoms with Crippen molar-refractivity contribution in [1.82, 2.24) is 4.90 Å². The number of halogens is 2. The van der Waals surface area contributed by atoms with Crippen LogP contribution in [0.4, 0.5) is 10.1 Å². The average molecular weight is 479 g/mol. The van der Waals surface area contributed by atoms with Crippen molar-refractivity contribution in [2.75, 3.05) is 17.8 Å². The molecule has 0 atom stereocenters. The van der Waals surface area contributed by atoms with E-state index in [1.54, 1.807) is 17.0 Å². The molecule has 0 amide bonds. The van der Waals surface area contributed by atoms with E-state index in [4.69, 9.17) is 0 Å². The predicted octanol–water partition coefficient (Wildman–Crippen LogP) is 3.72. The highest BCUT2D eigenvalue weighted by Crippen LogP contribution is 2.34. The van der Waals surface area contributed by atoms with Gasteiger partial charge in [0.2, 0.25) is 11.6 Å². The fourth-order valence-corrected chi connectivity index (χ4v) is 5.31. The minimum Gasteiger partial charge on any atom is -0.367 e. The second kappa shape index (κ2) is 7.38. The Morgan fingerprint density at radius 3 is 2.21 bits per heavy atom. The molecule has 6 nitrogen and oxygen atoms in total. The fourth-order valence-electron chi connectivity index (χ4n) is 3.58. The van der Waals surface area contributed by atoms with E-state index in [1.165, 1.54) is 24.3 Å². The first-order chi connectivity index (χ1) is 13.8. The number of benzene rings is 2. The van der Waals surface area contributed by atoms with Gasteiger partial charge in [0.15, 0.2) is 4.91 Å². The summed E-state index contributed by atoms with van der Waals surface area (Å²) < 4.78 is 43.2. The van der Waals surface area contributed by atoms with E-state index in [0.29, 0.717) is 17.6 Å². The van der Waals surface area contributed by atoms with Crippen molar-refractivity contribution < 1.29 is 22.4 Å². The van der Waals surface area contributed by atoms with Crippen molar-refractivity contribution >= 4 is 43.2 Å². The maximum atomic E-state index is 14.2. The summed E-state index contributed by atoms with van der Waals surface area (Å²) in [4.78, 5) is 27.3. The first kappa shape index (κ1) is 19.8. The molecule has 0 radical (unpaired) electrons. The maximum absolute atomic E-state index is 14.2. The van der Waals surface area contributed by atoms with Gasteiger partial charge in [-0.05, 0) is 31.0 Å². The Balaban J connectivity index is 1.87. The molecule has 29 heavy (non-hydrogen) atoms. The molecule has 150 valence electrons. The van der Waals surface area contributed by atoms with Gasteiger partial charge >= 0.3 is 0 Å². The van der Waals surface area contributed by atoms with Gasteiger partial charge in [-0.25, -0.2) is 12.8 Å². The Labute approximate surface area is 175 Å². The van der Waals surface area contributed by atoms with Gasteiger partial charge in [0.05, 0.1) is 5.69 Å². The number of likely N-dealkylation sites (tertiary alicyclic amines) is 1. The number of nitrogens with one attached hydrogen (secondary N) is 1. The standard InChI is InChI=1S/C20H16BrFN2O4S/c21-12-7-8-16(15(22)11-12)23-29(27,28)20-17(24-9-3-4-10-24)18(25)13-5-1-2-6-14(13)19(20)26/h1-2,5-8,11,23H,3-4,9-10H2. The number of hydrogen-bond acceptors (Lipinski definition) is 5. The zero-order chi connectivity index (χ0) is 20.8. The molecule has 2 aromatic rings. The molecule has 1 fully saturated rings. The van der Waals surface area contributed by atoms with E-state index >= 15 is 0 Å². The Bertz CT molecular complexity index is 1170. The van der Waals surface area contributed by atoms with Crippen LogP contribution in [0.5, 0.6) is 0 Å². The molecule has 0 bridgehead atoms. The van der Waals surface area contributed by atoms with Crippen LogP contribution in [0.25, 0.3) is 0 Å². The van der Waals surface area contributed by atoms with Crippen LogP contribution in [0.3, 0.4) is 0 Å². The first-order valence-electron chi connectivity index (χ1n) is 8.95. The van der Waals surface area contributed by atoms with Gasteiger partial charge in [0.1, 0.15) is 11.5 Å². The van der Waals surface area contributed by atoms with Crippen molar-refractivity contribution in [2.45, 2.75) is 12.8 Å². The molecule has 2 aromatic carbocycles. The molecule has 1 heterocycles. The number of ketones is 2. The van der Waals surface area contributed by atoms with Crippen LogP contribution in [0, 0.1) is 5.82 Å². The Kier molecular flexibility index (Phi) is 5.04. The van der Waals surface area contributed by atoms with Gasteiger partial charge in [-0.15, -0.1) is 0 Å². The molecule has 1 saturated heterocycles. The lowest BCUT2D eigenvalue weighted by Gasteiger charge is -2.27. The van der Waals surface area contributed by atoms with Crippen molar-refractivity contribution in [2.24, 2.45) is 0 Å². The number of carbonyl (C=O) groups is 2. The molecule has 1 aliphatic heterocycles.